The highest BCUT2D eigenvalue weighted by Gasteiger charge is 2.53. The maximum atomic E-state index is 14.6. The molecule has 0 unspecified atom stereocenters. The van der Waals surface area contributed by atoms with E-state index in [1.807, 2.05) is 31.2 Å². The number of alkyl halides is 1. The number of hydrogen-bond acceptors (Lipinski definition) is 12. The zero-order valence-corrected chi connectivity index (χ0v) is 33.1. The highest BCUT2D eigenvalue weighted by molar-refractivity contribution is 7.13. The van der Waals surface area contributed by atoms with Crippen LogP contribution in [0.3, 0.4) is 0 Å². The minimum Gasteiger partial charge on any atom is -0.391 e. The SMILES string of the molecule is Cc1ncsc1-c1ccc([C@H](CC(=O)NCCOCCOCCOCCOCCN)NC(=O)[C@@H]2C[C@@H](O)CN2C(=O)[C@@H](NC(=O)C2(F)CC2)C(C)(C)C)cc1. The Hall–Kier alpha value is -3.58. The van der Waals surface area contributed by atoms with Gasteiger partial charge in [0.1, 0.15) is 12.1 Å². The molecule has 1 aromatic carbocycles. The molecule has 2 fully saturated rings. The van der Waals surface area contributed by atoms with Gasteiger partial charge in [-0.3, -0.25) is 19.2 Å². The first-order valence-corrected chi connectivity index (χ1v) is 19.7. The molecule has 0 bridgehead atoms. The monoisotopic (exact) mass is 792 g/mol. The summed E-state index contributed by atoms with van der Waals surface area (Å²) in [6.45, 7) is 10.9. The fourth-order valence-electron chi connectivity index (χ4n) is 6.05. The first-order chi connectivity index (χ1) is 26.2. The predicted octanol–water partition coefficient (Wildman–Crippen LogP) is 1.80. The van der Waals surface area contributed by atoms with Gasteiger partial charge in [0, 0.05) is 26.1 Å². The molecule has 15 nitrogen and oxygen atoms in total. The van der Waals surface area contributed by atoms with Crippen LogP contribution >= 0.6 is 11.3 Å². The van der Waals surface area contributed by atoms with Crippen molar-refractivity contribution < 1.29 is 47.6 Å². The molecule has 1 aliphatic heterocycles. The van der Waals surface area contributed by atoms with Crippen LogP contribution in [0.25, 0.3) is 10.4 Å². The quantitative estimate of drug-likeness (QED) is 0.103. The Balaban J connectivity index is 1.35. The second kappa shape index (κ2) is 21.1. The molecule has 4 amide bonds. The first kappa shape index (κ1) is 44.1. The molecule has 6 N–H and O–H groups in total. The fourth-order valence-corrected chi connectivity index (χ4v) is 6.86. The Bertz CT molecular complexity index is 1550. The van der Waals surface area contributed by atoms with Crippen molar-refractivity contribution in [2.24, 2.45) is 11.1 Å². The van der Waals surface area contributed by atoms with E-state index in [1.54, 1.807) is 26.3 Å². The highest BCUT2D eigenvalue weighted by atomic mass is 32.1. The summed E-state index contributed by atoms with van der Waals surface area (Å²) in [6.07, 6.45) is -0.989. The number of likely N-dealkylation sites (tertiary alicyclic amines) is 1. The summed E-state index contributed by atoms with van der Waals surface area (Å²) in [5.41, 5.74) is 6.79. The van der Waals surface area contributed by atoms with Crippen molar-refractivity contribution in [2.75, 3.05) is 72.5 Å². The number of β-amino-alcohol motifs (C(OH)–C–C–N with tert-alkyl or cyclic N) is 1. The molecule has 4 rings (SSSR count). The number of aromatic nitrogens is 1. The van der Waals surface area contributed by atoms with Crippen LogP contribution in [0.15, 0.2) is 29.8 Å². The van der Waals surface area contributed by atoms with Gasteiger partial charge in [0.2, 0.25) is 17.7 Å². The van der Waals surface area contributed by atoms with Crippen LogP contribution in [0.1, 0.15) is 63.8 Å². The summed E-state index contributed by atoms with van der Waals surface area (Å²) in [7, 11) is 0. The van der Waals surface area contributed by atoms with E-state index < -0.39 is 53.0 Å². The second-order valence-corrected chi connectivity index (χ2v) is 15.7. The number of nitrogens with one attached hydrogen (secondary N) is 3. The molecular formula is C38H57FN6O9S. The van der Waals surface area contributed by atoms with E-state index in [2.05, 4.69) is 20.9 Å². The van der Waals surface area contributed by atoms with Crippen LogP contribution < -0.4 is 21.7 Å². The second-order valence-electron chi connectivity index (χ2n) is 14.9. The van der Waals surface area contributed by atoms with Crippen molar-refractivity contribution in [3.63, 3.8) is 0 Å². The van der Waals surface area contributed by atoms with E-state index in [9.17, 15) is 28.7 Å². The van der Waals surface area contributed by atoms with Gasteiger partial charge in [0.05, 0.1) is 87.5 Å². The van der Waals surface area contributed by atoms with Crippen LogP contribution in [0.2, 0.25) is 0 Å². The summed E-state index contributed by atoms with van der Waals surface area (Å²) in [5, 5.41) is 19.0. The van der Waals surface area contributed by atoms with E-state index in [4.69, 9.17) is 24.7 Å². The number of aryl methyl sites for hydroxylation is 1. The summed E-state index contributed by atoms with van der Waals surface area (Å²) in [5.74, 6) is -2.36. The molecule has 4 atom stereocenters. The molecule has 1 saturated carbocycles. The number of aliphatic hydroxyl groups is 1. The van der Waals surface area contributed by atoms with Crippen LogP contribution in [0.5, 0.6) is 0 Å². The Morgan fingerprint density at radius 1 is 0.982 bits per heavy atom. The fraction of sp³-hybridized carbons (Fsp3) is 0.658. The maximum absolute atomic E-state index is 14.6. The lowest BCUT2D eigenvalue weighted by atomic mass is 9.85. The van der Waals surface area contributed by atoms with Gasteiger partial charge in [0.15, 0.2) is 5.67 Å². The van der Waals surface area contributed by atoms with Gasteiger partial charge in [0.25, 0.3) is 5.91 Å². The van der Waals surface area contributed by atoms with Crippen LogP contribution in [0, 0.1) is 12.3 Å². The average Bonchev–Trinajstić information content (AvgIpc) is 3.55. The molecule has 0 radical (unpaired) electrons. The van der Waals surface area contributed by atoms with Crippen molar-refractivity contribution in [2.45, 2.75) is 83.3 Å². The zero-order valence-electron chi connectivity index (χ0n) is 32.3. The van der Waals surface area contributed by atoms with E-state index >= 15 is 0 Å². The van der Waals surface area contributed by atoms with E-state index in [-0.39, 0.29) is 51.3 Å². The molecule has 1 saturated heterocycles. The first-order valence-electron chi connectivity index (χ1n) is 18.8. The van der Waals surface area contributed by atoms with Crippen molar-refractivity contribution in [1.29, 1.82) is 0 Å². The smallest absolute Gasteiger partial charge is 0.258 e. The largest absolute Gasteiger partial charge is 0.391 e. The average molecular weight is 793 g/mol. The van der Waals surface area contributed by atoms with E-state index in [1.165, 1.54) is 16.2 Å². The van der Waals surface area contributed by atoms with E-state index in [0.717, 1.165) is 16.1 Å². The number of ether oxygens (including phenoxy) is 4. The minimum atomic E-state index is -2.00. The third-order valence-corrected chi connectivity index (χ3v) is 10.3. The standard InChI is InChI=1S/C38H57FN6O9S/c1-25-32(55-24-42-25)27-7-5-26(6-8-27)29(22-31(47)41-12-14-52-16-18-54-20-19-53-17-15-51-13-11-40)43-34(48)30-21-28(46)23-45(30)35(49)33(37(2,3)4)44-36(50)38(39)9-10-38/h5-8,24,28-30,33,46H,9-23,40H2,1-4H3,(H,41,47)(H,43,48)(H,44,50)/t28-,29+,30+,33-/m1/s1. The lowest BCUT2D eigenvalue weighted by molar-refractivity contribution is -0.145. The summed E-state index contributed by atoms with van der Waals surface area (Å²) >= 11 is 1.51. The number of amides is 4. The number of halogens is 1. The number of aliphatic hydroxyl groups excluding tert-OH is 1. The van der Waals surface area contributed by atoms with Gasteiger partial charge in [-0.1, -0.05) is 45.0 Å². The number of hydrogen-bond donors (Lipinski definition) is 5. The Morgan fingerprint density at radius 3 is 2.13 bits per heavy atom. The predicted molar refractivity (Wildman–Crippen MR) is 204 cm³/mol. The Morgan fingerprint density at radius 2 is 1.58 bits per heavy atom. The van der Waals surface area contributed by atoms with Gasteiger partial charge in [-0.15, -0.1) is 11.3 Å². The third kappa shape index (κ3) is 13.5. The van der Waals surface area contributed by atoms with Crippen molar-refractivity contribution in [3.05, 3.63) is 41.0 Å². The number of thiazole rings is 1. The lowest BCUT2D eigenvalue weighted by Gasteiger charge is -2.36. The highest BCUT2D eigenvalue weighted by Crippen LogP contribution is 2.40. The molecule has 1 aromatic heterocycles. The Labute approximate surface area is 326 Å². The number of carbonyl (C=O) groups is 4. The van der Waals surface area contributed by atoms with Gasteiger partial charge in [-0.25, -0.2) is 9.37 Å². The molecule has 55 heavy (non-hydrogen) atoms. The summed E-state index contributed by atoms with van der Waals surface area (Å²) < 4.78 is 36.3. The molecule has 2 heterocycles. The van der Waals surface area contributed by atoms with Gasteiger partial charge >= 0.3 is 0 Å². The molecule has 0 spiro atoms. The van der Waals surface area contributed by atoms with Crippen molar-refractivity contribution in [3.8, 4) is 10.4 Å². The number of rotatable bonds is 23. The number of nitrogens with two attached hydrogens (primary N) is 1. The van der Waals surface area contributed by atoms with Gasteiger partial charge in [-0.05, 0) is 36.3 Å². The number of carbonyl (C=O) groups excluding carboxylic acids is 4. The molecular weight excluding hydrogens is 736 g/mol. The van der Waals surface area contributed by atoms with Crippen molar-refractivity contribution in [1.82, 2.24) is 25.8 Å². The maximum Gasteiger partial charge on any atom is 0.258 e. The van der Waals surface area contributed by atoms with Gasteiger partial charge < -0.3 is 50.6 Å². The third-order valence-electron chi connectivity index (χ3n) is 9.32. The zero-order chi connectivity index (χ0) is 40.0. The minimum absolute atomic E-state index is 0.0454. The molecule has 1 aliphatic carbocycles. The summed E-state index contributed by atoms with van der Waals surface area (Å²) in [6, 6.07) is 4.44. The molecule has 2 aromatic rings. The summed E-state index contributed by atoms with van der Waals surface area (Å²) in [4.78, 5) is 60.4. The van der Waals surface area contributed by atoms with Crippen LogP contribution in [0.4, 0.5) is 4.39 Å². The Kier molecular flexibility index (Phi) is 16.9. The van der Waals surface area contributed by atoms with E-state index in [0.29, 0.717) is 58.4 Å². The molecule has 2 aliphatic rings. The van der Waals surface area contributed by atoms with Gasteiger partial charge in [-0.2, -0.15) is 0 Å². The van der Waals surface area contributed by atoms with Crippen LogP contribution in [-0.2, 0) is 38.1 Å². The molecule has 306 valence electrons. The normalized spacial score (nSPS) is 18.8. The lowest BCUT2D eigenvalue weighted by Crippen LogP contribution is -2.59. The number of nitrogens with zero attached hydrogens (tertiary/aromatic N) is 2. The topological polar surface area (TPSA) is 204 Å². The van der Waals surface area contributed by atoms with Crippen LogP contribution in [-0.4, -0.2) is 135 Å². The molecule has 17 heteroatoms. The number of benzene rings is 1. The van der Waals surface area contributed by atoms with Crippen molar-refractivity contribution >= 4 is 35.0 Å².